The molecule has 0 aliphatic heterocycles. The van der Waals surface area contributed by atoms with Gasteiger partial charge in [0, 0.05) is 51.3 Å². The third-order valence-corrected chi connectivity index (χ3v) is 12.4. The molecule has 0 radical (unpaired) electrons. The first-order valence-corrected chi connectivity index (χ1v) is 18.6. The van der Waals surface area contributed by atoms with Gasteiger partial charge in [-0.05, 0) is 75.8 Å². The highest BCUT2D eigenvalue weighted by atomic mass is 32.1. The van der Waals surface area contributed by atoms with Gasteiger partial charge in [-0.25, -0.2) is 9.97 Å². The van der Waals surface area contributed by atoms with Crippen LogP contribution in [0.1, 0.15) is 0 Å². The Morgan fingerprint density at radius 1 is 0.412 bits per heavy atom. The van der Waals surface area contributed by atoms with Crippen LogP contribution in [0.3, 0.4) is 0 Å². The Kier molecular flexibility index (Phi) is 6.29. The number of hydrogen-bond acceptors (Lipinski definition) is 5. The largest absolute Gasteiger partial charge is 0.452 e. The van der Waals surface area contributed by atoms with E-state index in [0.717, 1.165) is 44.4 Å². The third kappa shape index (κ3) is 4.56. The highest BCUT2D eigenvalue weighted by molar-refractivity contribution is 7.26. The molecule has 0 N–H and O–H groups in total. The Bertz CT molecular complexity index is 3170. The summed E-state index contributed by atoms with van der Waals surface area (Å²) in [7, 11) is 0. The zero-order valence-electron chi connectivity index (χ0n) is 27.1. The minimum absolute atomic E-state index is 0.701. The average molecular weight is 687 g/mol. The lowest BCUT2D eigenvalue weighted by atomic mass is 9.97. The molecule has 51 heavy (non-hydrogen) atoms. The van der Waals surface area contributed by atoms with Gasteiger partial charge >= 0.3 is 0 Å². The summed E-state index contributed by atoms with van der Waals surface area (Å²) in [5, 5.41) is 6.21. The van der Waals surface area contributed by atoms with Crippen LogP contribution >= 0.6 is 22.7 Å². The Morgan fingerprint density at radius 2 is 1.04 bits per heavy atom. The van der Waals surface area contributed by atoms with Gasteiger partial charge in [0.25, 0.3) is 0 Å². The molecule has 0 unspecified atom stereocenters. The predicted octanol–water partition coefficient (Wildman–Crippen LogP) is 13.8. The van der Waals surface area contributed by atoms with E-state index in [-0.39, 0.29) is 0 Å². The van der Waals surface area contributed by atoms with E-state index in [1.807, 2.05) is 22.7 Å². The summed E-state index contributed by atoms with van der Waals surface area (Å²) in [4.78, 5) is 9.51. The molecule has 238 valence electrons. The highest BCUT2D eigenvalue weighted by Crippen LogP contribution is 2.42. The van der Waals surface area contributed by atoms with Gasteiger partial charge in [0.05, 0.1) is 0 Å². The van der Waals surface area contributed by atoms with Crippen molar-refractivity contribution in [2.45, 2.75) is 0 Å². The highest BCUT2D eigenvalue weighted by Gasteiger charge is 2.17. The van der Waals surface area contributed by atoms with Gasteiger partial charge in [-0.1, -0.05) is 109 Å². The first-order chi connectivity index (χ1) is 25.2. The SMILES string of the molecule is c1cc(-c2ccc3c(c2)sc2ccccc23)cc(-c2ccc3oc4c(-c5cccc(-c6cccc7c6sc6ccccc67)c5)ncnc4c3c2)c1. The lowest BCUT2D eigenvalue weighted by molar-refractivity contribution is 0.667. The second kappa shape index (κ2) is 11.2. The molecule has 3 nitrogen and oxygen atoms in total. The Balaban J connectivity index is 0.984. The van der Waals surface area contributed by atoms with E-state index in [9.17, 15) is 0 Å². The molecule has 0 saturated carbocycles. The van der Waals surface area contributed by atoms with Crippen LogP contribution in [0.2, 0.25) is 0 Å². The Hall–Kier alpha value is -6.14. The molecule has 4 aromatic heterocycles. The minimum Gasteiger partial charge on any atom is -0.452 e. The molecule has 0 fully saturated rings. The van der Waals surface area contributed by atoms with E-state index >= 15 is 0 Å². The van der Waals surface area contributed by atoms with Gasteiger partial charge in [0.1, 0.15) is 23.1 Å². The van der Waals surface area contributed by atoms with Gasteiger partial charge in [-0.15, -0.1) is 22.7 Å². The summed E-state index contributed by atoms with van der Waals surface area (Å²) in [6.45, 7) is 0. The van der Waals surface area contributed by atoms with Crippen molar-refractivity contribution in [1.29, 1.82) is 0 Å². The van der Waals surface area contributed by atoms with Crippen LogP contribution in [0.5, 0.6) is 0 Å². The molecule has 7 aromatic carbocycles. The van der Waals surface area contributed by atoms with Gasteiger partial charge in [0.2, 0.25) is 0 Å². The van der Waals surface area contributed by atoms with Crippen molar-refractivity contribution in [3.8, 4) is 44.6 Å². The Labute approximate surface area is 300 Å². The van der Waals surface area contributed by atoms with Crippen molar-refractivity contribution in [3.63, 3.8) is 0 Å². The number of benzene rings is 7. The second-order valence-electron chi connectivity index (χ2n) is 13.0. The van der Waals surface area contributed by atoms with Crippen molar-refractivity contribution >= 4 is 85.1 Å². The van der Waals surface area contributed by atoms with E-state index in [4.69, 9.17) is 14.4 Å². The number of nitrogens with zero attached hydrogens (tertiary/aromatic N) is 2. The van der Waals surface area contributed by atoms with Crippen LogP contribution in [-0.4, -0.2) is 9.97 Å². The van der Waals surface area contributed by atoms with Gasteiger partial charge in [0.15, 0.2) is 5.58 Å². The average Bonchev–Trinajstić information content (AvgIpc) is 3.88. The van der Waals surface area contributed by atoms with Crippen LogP contribution in [0.4, 0.5) is 0 Å². The molecule has 0 bridgehead atoms. The van der Waals surface area contributed by atoms with E-state index in [1.54, 1.807) is 6.33 Å². The maximum Gasteiger partial charge on any atom is 0.180 e. The molecule has 0 aliphatic rings. The van der Waals surface area contributed by atoms with E-state index in [2.05, 4.69) is 152 Å². The van der Waals surface area contributed by atoms with E-state index in [0.29, 0.717) is 5.58 Å². The van der Waals surface area contributed by atoms with Crippen molar-refractivity contribution < 1.29 is 4.42 Å². The van der Waals surface area contributed by atoms with Gasteiger partial charge < -0.3 is 4.42 Å². The summed E-state index contributed by atoms with van der Waals surface area (Å²) in [6, 6.07) is 54.5. The molecule has 11 aromatic rings. The summed E-state index contributed by atoms with van der Waals surface area (Å²) < 4.78 is 11.8. The number of aromatic nitrogens is 2. The number of hydrogen-bond donors (Lipinski definition) is 0. The quantitative estimate of drug-likeness (QED) is 0.185. The van der Waals surface area contributed by atoms with Crippen LogP contribution < -0.4 is 0 Å². The number of thiophene rings is 2. The molecule has 0 aliphatic carbocycles. The second-order valence-corrected chi connectivity index (χ2v) is 15.1. The number of furan rings is 1. The lowest BCUT2D eigenvalue weighted by Gasteiger charge is -2.07. The topological polar surface area (TPSA) is 38.9 Å². The third-order valence-electron chi connectivity index (χ3n) is 10.0. The molecule has 0 spiro atoms. The molecule has 0 saturated heterocycles. The zero-order valence-corrected chi connectivity index (χ0v) is 28.8. The maximum atomic E-state index is 6.52. The van der Waals surface area contributed by atoms with Crippen molar-refractivity contribution in [3.05, 3.63) is 158 Å². The van der Waals surface area contributed by atoms with Gasteiger partial charge in [-0.3, -0.25) is 0 Å². The molecule has 5 heteroatoms. The van der Waals surface area contributed by atoms with Gasteiger partial charge in [-0.2, -0.15) is 0 Å². The summed E-state index contributed by atoms with van der Waals surface area (Å²) in [6.07, 6.45) is 1.66. The van der Waals surface area contributed by atoms with Crippen molar-refractivity contribution in [1.82, 2.24) is 9.97 Å². The first-order valence-electron chi connectivity index (χ1n) is 17.0. The minimum atomic E-state index is 0.701. The molecular formula is C46H26N2OS2. The van der Waals surface area contributed by atoms with Crippen LogP contribution in [-0.2, 0) is 0 Å². The lowest BCUT2D eigenvalue weighted by Crippen LogP contribution is -1.88. The predicted molar refractivity (Wildman–Crippen MR) is 217 cm³/mol. The monoisotopic (exact) mass is 686 g/mol. The first kappa shape index (κ1) is 28.7. The molecule has 0 amide bonds. The fourth-order valence-corrected chi connectivity index (χ4v) is 9.94. The molecular weight excluding hydrogens is 661 g/mol. The summed E-state index contributed by atoms with van der Waals surface area (Å²) in [5.74, 6) is 0. The molecule has 4 heterocycles. The maximum absolute atomic E-state index is 6.52. The zero-order chi connectivity index (χ0) is 33.5. The summed E-state index contributed by atoms with van der Waals surface area (Å²) in [5.41, 5.74) is 11.2. The standard InChI is InChI=1S/C46H26N2OS2/c1-3-16-40-34(12-1)36-20-18-30(25-42(36)50-40)28-9-5-8-27(22-28)29-19-21-39-38(24-29)44-45(49-39)43(47-26-48-44)32-11-6-10-31(23-32)33-14-7-15-37-35-13-2-4-17-41(35)51-46(33)37/h1-26H. The van der Waals surface area contributed by atoms with E-state index in [1.165, 1.54) is 57.0 Å². The van der Waals surface area contributed by atoms with Crippen LogP contribution in [0.25, 0.3) is 107 Å². The van der Waals surface area contributed by atoms with Crippen molar-refractivity contribution in [2.75, 3.05) is 0 Å². The normalized spacial score (nSPS) is 11.9. The van der Waals surface area contributed by atoms with Crippen LogP contribution in [0.15, 0.2) is 162 Å². The fourth-order valence-electron chi connectivity index (χ4n) is 7.55. The Morgan fingerprint density at radius 3 is 1.90 bits per heavy atom. The fraction of sp³-hybridized carbons (Fsp3) is 0. The van der Waals surface area contributed by atoms with Crippen molar-refractivity contribution in [2.24, 2.45) is 0 Å². The summed E-state index contributed by atoms with van der Waals surface area (Å²) >= 11 is 3.70. The van der Waals surface area contributed by atoms with E-state index < -0.39 is 0 Å². The molecule has 11 rings (SSSR count). The number of fused-ring (bicyclic) bond motifs is 9. The van der Waals surface area contributed by atoms with Crippen LogP contribution in [0, 0.1) is 0 Å². The smallest absolute Gasteiger partial charge is 0.180 e. The molecule has 0 atom stereocenters. The number of rotatable bonds is 4.